The van der Waals surface area contributed by atoms with Crippen LogP contribution in [0.5, 0.6) is 0 Å². The summed E-state index contributed by atoms with van der Waals surface area (Å²) in [6.07, 6.45) is 1.92. The number of hydrogen-bond donors (Lipinski definition) is 0. The summed E-state index contributed by atoms with van der Waals surface area (Å²) >= 11 is 5.91. The lowest BCUT2D eigenvalue weighted by atomic mass is 10.3. The van der Waals surface area contributed by atoms with Crippen molar-refractivity contribution in [3.05, 3.63) is 59.4 Å². The van der Waals surface area contributed by atoms with Gasteiger partial charge in [-0.2, -0.15) is 0 Å². The smallest absolute Gasteiger partial charge is 0.182 e. The first-order chi connectivity index (χ1) is 9.24. The molecule has 3 rings (SSSR count). The molecule has 2 heterocycles. The Morgan fingerprint density at radius 3 is 2.84 bits per heavy atom. The van der Waals surface area contributed by atoms with E-state index in [1.54, 1.807) is 12.1 Å². The predicted molar refractivity (Wildman–Crippen MR) is 75.6 cm³/mol. The Hall–Kier alpha value is -2.20. The largest absolute Gasteiger partial charge is 0.283 e. The second-order valence-corrected chi connectivity index (χ2v) is 4.57. The SMILES string of the molecule is Cc1nc2ccccn2c1N=Nc1cccc(Cl)c1. The van der Waals surface area contributed by atoms with E-state index in [0.29, 0.717) is 5.02 Å². The maximum atomic E-state index is 5.91. The van der Waals surface area contributed by atoms with Gasteiger partial charge in [0, 0.05) is 11.2 Å². The van der Waals surface area contributed by atoms with E-state index in [4.69, 9.17) is 11.6 Å². The zero-order chi connectivity index (χ0) is 13.2. The second-order valence-electron chi connectivity index (χ2n) is 4.13. The Bertz CT molecular complexity index is 761. The highest BCUT2D eigenvalue weighted by Gasteiger charge is 2.06. The lowest BCUT2D eigenvalue weighted by molar-refractivity contribution is 1.09. The van der Waals surface area contributed by atoms with Gasteiger partial charge in [-0.15, -0.1) is 10.2 Å². The minimum atomic E-state index is 0.645. The van der Waals surface area contributed by atoms with E-state index >= 15 is 0 Å². The van der Waals surface area contributed by atoms with E-state index in [1.807, 2.05) is 47.9 Å². The van der Waals surface area contributed by atoms with E-state index < -0.39 is 0 Å². The number of nitrogens with zero attached hydrogens (tertiary/aromatic N) is 4. The summed E-state index contributed by atoms with van der Waals surface area (Å²) in [6, 6.07) is 13.1. The van der Waals surface area contributed by atoms with Crippen molar-refractivity contribution in [1.82, 2.24) is 9.38 Å². The molecule has 0 N–H and O–H groups in total. The Labute approximate surface area is 115 Å². The number of fused-ring (bicyclic) bond motifs is 1. The number of rotatable bonds is 2. The summed E-state index contributed by atoms with van der Waals surface area (Å²) in [6.45, 7) is 1.92. The highest BCUT2D eigenvalue weighted by Crippen LogP contribution is 2.24. The third kappa shape index (κ3) is 2.35. The van der Waals surface area contributed by atoms with Crippen LogP contribution in [0, 0.1) is 6.92 Å². The zero-order valence-corrected chi connectivity index (χ0v) is 11.0. The van der Waals surface area contributed by atoms with Crippen molar-refractivity contribution in [3.63, 3.8) is 0 Å². The van der Waals surface area contributed by atoms with Crippen LogP contribution in [0.3, 0.4) is 0 Å². The van der Waals surface area contributed by atoms with Crippen LogP contribution in [0.1, 0.15) is 5.69 Å². The molecule has 2 aromatic heterocycles. The summed E-state index contributed by atoms with van der Waals surface area (Å²) in [4.78, 5) is 4.43. The van der Waals surface area contributed by atoms with Gasteiger partial charge in [0.05, 0.1) is 11.4 Å². The van der Waals surface area contributed by atoms with Crippen molar-refractivity contribution in [1.29, 1.82) is 0 Å². The molecule has 4 nitrogen and oxygen atoms in total. The van der Waals surface area contributed by atoms with E-state index in [0.717, 1.165) is 22.8 Å². The predicted octanol–water partition coefficient (Wildman–Crippen LogP) is 4.71. The molecular formula is C14H11ClN4. The molecule has 3 aromatic rings. The van der Waals surface area contributed by atoms with E-state index in [1.165, 1.54) is 0 Å². The fraction of sp³-hybridized carbons (Fsp3) is 0.0714. The number of aryl methyl sites for hydroxylation is 1. The van der Waals surface area contributed by atoms with Gasteiger partial charge in [0.2, 0.25) is 0 Å². The quantitative estimate of drug-likeness (QED) is 0.622. The van der Waals surface area contributed by atoms with Gasteiger partial charge < -0.3 is 0 Å². The summed E-state index contributed by atoms with van der Waals surface area (Å²) < 4.78 is 1.91. The van der Waals surface area contributed by atoms with Gasteiger partial charge in [0.25, 0.3) is 0 Å². The summed E-state index contributed by atoms with van der Waals surface area (Å²) in [5.41, 5.74) is 2.43. The first-order valence-electron chi connectivity index (χ1n) is 5.85. The van der Waals surface area contributed by atoms with Crippen molar-refractivity contribution >= 4 is 28.8 Å². The lowest BCUT2D eigenvalue weighted by Gasteiger charge is -1.96. The molecule has 0 aliphatic rings. The third-order valence-electron chi connectivity index (χ3n) is 2.74. The van der Waals surface area contributed by atoms with Crippen molar-refractivity contribution in [2.45, 2.75) is 6.92 Å². The normalized spacial score (nSPS) is 11.5. The van der Waals surface area contributed by atoms with Crippen LogP contribution in [-0.2, 0) is 0 Å². The van der Waals surface area contributed by atoms with Gasteiger partial charge in [-0.05, 0) is 37.3 Å². The van der Waals surface area contributed by atoms with Crippen LogP contribution >= 0.6 is 11.6 Å². The molecule has 19 heavy (non-hydrogen) atoms. The molecule has 0 unspecified atom stereocenters. The highest BCUT2D eigenvalue weighted by molar-refractivity contribution is 6.30. The monoisotopic (exact) mass is 270 g/mol. The Balaban J connectivity index is 2.03. The van der Waals surface area contributed by atoms with Crippen LogP contribution in [-0.4, -0.2) is 9.38 Å². The summed E-state index contributed by atoms with van der Waals surface area (Å²) in [7, 11) is 0. The van der Waals surface area contributed by atoms with Crippen molar-refractivity contribution < 1.29 is 0 Å². The Morgan fingerprint density at radius 1 is 1.11 bits per heavy atom. The molecule has 0 amide bonds. The van der Waals surface area contributed by atoms with Crippen LogP contribution in [0.2, 0.25) is 5.02 Å². The fourth-order valence-corrected chi connectivity index (χ4v) is 2.05. The first-order valence-corrected chi connectivity index (χ1v) is 6.23. The Morgan fingerprint density at radius 2 is 2.00 bits per heavy atom. The standard InChI is InChI=1S/C14H11ClN4/c1-10-14(19-8-3-2-7-13(19)16-10)18-17-12-6-4-5-11(15)9-12/h2-9H,1H3. The number of benzene rings is 1. The molecule has 94 valence electrons. The molecule has 0 aliphatic carbocycles. The lowest BCUT2D eigenvalue weighted by Crippen LogP contribution is -1.80. The third-order valence-corrected chi connectivity index (χ3v) is 2.98. The van der Waals surface area contributed by atoms with E-state index in [2.05, 4.69) is 15.2 Å². The van der Waals surface area contributed by atoms with Crippen LogP contribution in [0.4, 0.5) is 11.5 Å². The topological polar surface area (TPSA) is 42.0 Å². The summed E-state index contributed by atoms with van der Waals surface area (Å²) in [5.74, 6) is 0.732. The summed E-state index contributed by atoms with van der Waals surface area (Å²) in [5, 5.41) is 9.12. The minimum absolute atomic E-state index is 0.645. The second kappa shape index (κ2) is 4.82. The first kappa shape index (κ1) is 11.9. The van der Waals surface area contributed by atoms with Gasteiger partial charge in [0.15, 0.2) is 5.82 Å². The van der Waals surface area contributed by atoms with Gasteiger partial charge in [-0.25, -0.2) is 4.98 Å². The van der Waals surface area contributed by atoms with Gasteiger partial charge >= 0.3 is 0 Å². The molecule has 0 saturated heterocycles. The highest BCUT2D eigenvalue weighted by atomic mass is 35.5. The maximum absolute atomic E-state index is 5.91. The van der Waals surface area contributed by atoms with Crippen LogP contribution < -0.4 is 0 Å². The molecular weight excluding hydrogens is 260 g/mol. The number of imidazole rings is 1. The van der Waals surface area contributed by atoms with Crippen molar-refractivity contribution in [2.75, 3.05) is 0 Å². The van der Waals surface area contributed by atoms with Crippen molar-refractivity contribution in [3.8, 4) is 0 Å². The molecule has 0 fully saturated rings. The van der Waals surface area contributed by atoms with Crippen LogP contribution in [0.15, 0.2) is 58.9 Å². The molecule has 0 radical (unpaired) electrons. The van der Waals surface area contributed by atoms with Gasteiger partial charge in [0.1, 0.15) is 5.65 Å². The van der Waals surface area contributed by atoms with E-state index in [-0.39, 0.29) is 0 Å². The Kier molecular flexibility index (Phi) is 3.01. The van der Waals surface area contributed by atoms with Gasteiger partial charge in [-0.3, -0.25) is 4.40 Å². The van der Waals surface area contributed by atoms with Crippen LogP contribution in [0.25, 0.3) is 5.65 Å². The zero-order valence-electron chi connectivity index (χ0n) is 10.3. The molecule has 1 aromatic carbocycles. The minimum Gasteiger partial charge on any atom is -0.283 e. The molecule has 0 aliphatic heterocycles. The van der Waals surface area contributed by atoms with Crippen molar-refractivity contribution in [2.24, 2.45) is 10.2 Å². The van der Waals surface area contributed by atoms with E-state index in [9.17, 15) is 0 Å². The average Bonchev–Trinajstić information content (AvgIpc) is 2.72. The molecule has 0 spiro atoms. The van der Waals surface area contributed by atoms with Gasteiger partial charge in [-0.1, -0.05) is 23.7 Å². The molecule has 5 heteroatoms. The molecule has 0 atom stereocenters. The number of halogens is 1. The number of azo groups is 1. The number of hydrogen-bond acceptors (Lipinski definition) is 3. The fourth-order valence-electron chi connectivity index (χ4n) is 1.86. The average molecular weight is 271 g/mol. The number of pyridine rings is 1. The molecule has 0 bridgehead atoms. The number of aromatic nitrogens is 2. The molecule has 0 saturated carbocycles. The maximum Gasteiger partial charge on any atom is 0.182 e.